The molecule has 4 nitrogen and oxygen atoms in total. The van der Waals surface area contributed by atoms with E-state index in [1.165, 1.54) is 28.2 Å². The standard InChI is InChI=1S/C23H29FN4S/c1-16(27(5)6)21-25-26-22(28(21)20-13-11-19(24)12-14-20)29-15-17-7-9-18(10-8-17)23(2,3)4/h7-14,16H,15H2,1-6H3/p+1/t16-/m0/s1. The van der Waals surface area contributed by atoms with Gasteiger partial charge in [0.1, 0.15) is 11.9 Å². The zero-order valence-corrected chi connectivity index (χ0v) is 18.8. The number of hydrogen-bond donors (Lipinski definition) is 1. The van der Waals surface area contributed by atoms with E-state index in [1.807, 2.05) is 4.57 Å². The Morgan fingerprint density at radius 3 is 2.17 bits per heavy atom. The lowest BCUT2D eigenvalue weighted by Gasteiger charge is -2.19. The van der Waals surface area contributed by atoms with Gasteiger partial charge in [-0.25, -0.2) is 4.39 Å². The first-order valence-electron chi connectivity index (χ1n) is 9.90. The summed E-state index contributed by atoms with van der Waals surface area (Å²) in [6.45, 7) is 8.78. The van der Waals surface area contributed by atoms with E-state index in [1.54, 1.807) is 23.9 Å². The first-order chi connectivity index (χ1) is 13.7. The van der Waals surface area contributed by atoms with Crippen LogP contribution in [0.15, 0.2) is 53.7 Å². The van der Waals surface area contributed by atoms with Crippen LogP contribution < -0.4 is 4.90 Å². The van der Waals surface area contributed by atoms with E-state index in [2.05, 4.69) is 76.3 Å². The number of halogens is 1. The fourth-order valence-electron chi connectivity index (χ4n) is 3.00. The van der Waals surface area contributed by atoms with E-state index in [-0.39, 0.29) is 17.3 Å². The average Bonchev–Trinajstić information content (AvgIpc) is 3.09. The van der Waals surface area contributed by atoms with Crippen LogP contribution in [0, 0.1) is 5.82 Å². The molecule has 2 aromatic carbocycles. The molecule has 0 unspecified atom stereocenters. The Balaban J connectivity index is 1.88. The van der Waals surface area contributed by atoms with Crippen LogP contribution in [-0.4, -0.2) is 28.9 Å². The van der Waals surface area contributed by atoms with Gasteiger partial charge >= 0.3 is 0 Å². The molecule has 154 valence electrons. The van der Waals surface area contributed by atoms with Crippen LogP contribution in [0.25, 0.3) is 5.69 Å². The molecular weight excluding hydrogens is 383 g/mol. The van der Waals surface area contributed by atoms with Gasteiger partial charge in [0.05, 0.1) is 14.1 Å². The SMILES string of the molecule is C[C@@H](c1nnc(SCc2ccc(C(C)(C)C)cc2)n1-c1ccc(F)cc1)[NH+](C)C. The molecule has 1 atom stereocenters. The van der Waals surface area contributed by atoms with Crippen molar-refractivity contribution in [2.45, 2.75) is 50.1 Å². The van der Waals surface area contributed by atoms with Gasteiger partial charge in [-0.05, 0) is 47.7 Å². The fourth-order valence-corrected chi connectivity index (χ4v) is 3.91. The molecule has 3 aromatic rings. The molecule has 0 saturated heterocycles. The quantitative estimate of drug-likeness (QED) is 0.615. The second-order valence-electron chi connectivity index (χ2n) is 8.69. The van der Waals surface area contributed by atoms with Crippen molar-refractivity contribution >= 4 is 11.8 Å². The monoisotopic (exact) mass is 413 g/mol. The van der Waals surface area contributed by atoms with Gasteiger partial charge in [0.15, 0.2) is 11.0 Å². The van der Waals surface area contributed by atoms with Crippen molar-refractivity contribution in [2.75, 3.05) is 14.1 Å². The van der Waals surface area contributed by atoms with E-state index >= 15 is 0 Å². The van der Waals surface area contributed by atoms with E-state index in [0.717, 1.165) is 22.4 Å². The maximum Gasteiger partial charge on any atom is 0.196 e. The summed E-state index contributed by atoms with van der Waals surface area (Å²) in [6, 6.07) is 15.4. The summed E-state index contributed by atoms with van der Waals surface area (Å²) < 4.78 is 15.5. The molecule has 1 N–H and O–H groups in total. The number of hydrogen-bond acceptors (Lipinski definition) is 3. The summed E-state index contributed by atoms with van der Waals surface area (Å²) in [5.41, 5.74) is 3.59. The number of aromatic nitrogens is 3. The van der Waals surface area contributed by atoms with Crippen LogP contribution in [0.5, 0.6) is 0 Å². The largest absolute Gasteiger partial charge is 0.331 e. The molecule has 0 radical (unpaired) electrons. The Morgan fingerprint density at radius 1 is 1.00 bits per heavy atom. The highest BCUT2D eigenvalue weighted by Gasteiger charge is 2.23. The van der Waals surface area contributed by atoms with Crippen molar-refractivity contribution < 1.29 is 9.29 Å². The number of nitrogens with zero attached hydrogens (tertiary/aromatic N) is 3. The summed E-state index contributed by atoms with van der Waals surface area (Å²) in [6.07, 6.45) is 0. The summed E-state index contributed by atoms with van der Waals surface area (Å²) in [7, 11) is 4.19. The van der Waals surface area contributed by atoms with Gasteiger partial charge in [0.2, 0.25) is 0 Å². The summed E-state index contributed by atoms with van der Waals surface area (Å²) >= 11 is 1.65. The third kappa shape index (κ3) is 5.06. The molecule has 0 saturated carbocycles. The molecule has 0 spiro atoms. The van der Waals surface area contributed by atoms with Gasteiger partial charge in [0, 0.05) is 11.4 Å². The van der Waals surface area contributed by atoms with E-state index < -0.39 is 0 Å². The molecular formula is C23H30FN4S+. The lowest BCUT2D eigenvalue weighted by Crippen LogP contribution is -3.05. The number of thioether (sulfide) groups is 1. The molecule has 0 fully saturated rings. The zero-order chi connectivity index (χ0) is 21.2. The Morgan fingerprint density at radius 2 is 1.62 bits per heavy atom. The maximum absolute atomic E-state index is 13.5. The van der Waals surface area contributed by atoms with Crippen molar-refractivity contribution in [3.05, 3.63) is 71.3 Å². The van der Waals surface area contributed by atoms with Crippen LogP contribution in [0.1, 0.15) is 50.7 Å². The van der Waals surface area contributed by atoms with Gasteiger partial charge < -0.3 is 4.90 Å². The average molecular weight is 414 g/mol. The number of quaternary nitrogens is 1. The second kappa shape index (κ2) is 8.67. The van der Waals surface area contributed by atoms with Crippen LogP contribution in [0.3, 0.4) is 0 Å². The summed E-state index contributed by atoms with van der Waals surface area (Å²) in [5.74, 6) is 1.43. The predicted molar refractivity (Wildman–Crippen MR) is 117 cm³/mol. The van der Waals surface area contributed by atoms with Crippen molar-refractivity contribution in [3.63, 3.8) is 0 Å². The molecule has 1 heterocycles. The zero-order valence-electron chi connectivity index (χ0n) is 18.0. The Labute approximate surface area is 177 Å². The lowest BCUT2D eigenvalue weighted by molar-refractivity contribution is -0.890. The minimum Gasteiger partial charge on any atom is -0.331 e. The maximum atomic E-state index is 13.5. The Hall–Kier alpha value is -2.18. The van der Waals surface area contributed by atoms with Crippen LogP contribution in [-0.2, 0) is 11.2 Å². The minimum absolute atomic E-state index is 0.147. The van der Waals surface area contributed by atoms with Gasteiger partial charge in [-0.2, -0.15) is 0 Å². The molecule has 0 bridgehead atoms. The minimum atomic E-state index is -0.247. The first kappa shape index (κ1) is 21.5. The van der Waals surface area contributed by atoms with E-state index in [4.69, 9.17) is 0 Å². The third-order valence-electron chi connectivity index (χ3n) is 5.18. The van der Waals surface area contributed by atoms with E-state index in [9.17, 15) is 4.39 Å². The highest BCUT2D eigenvalue weighted by Crippen LogP contribution is 2.28. The van der Waals surface area contributed by atoms with E-state index in [0.29, 0.717) is 0 Å². The molecule has 0 aliphatic heterocycles. The first-order valence-corrected chi connectivity index (χ1v) is 10.9. The van der Waals surface area contributed by atoms with Gasteiger partial charge in [-0.15, -0.1) is 10.2 Å². The molecule has 0 aliphatic carbocycles. The fraction of sp³-hybridized carbons (Fsp3) is 0.391. The van der Waals surface area contributed by atoms with Crippen molar-refractivity contribution in [1.82, 2.24) is 14.8 Å². The second-order valence-corrected chi connectivity index (χ2v) is 9.63. The molecule has 3 rings (SSSR count). The van der Waals surface area contributed by atoms with Gasteiger partial charge in [-0.3, -0.25) is 4.57 Å². The summed E-state index contributed by atoms with van der Waals surface area (Å²) in [5, 5.41) is 9.75. The van der Waals surface area contributed by atoms with Gasteiger partial charge in [0.25, 0.3) is 0 Å². The molecule has 0 amide bonds. The molecule has 0 aliphatic rings. The molecule has 6 heteroatoms. The van der Waals surface area contributed by atoms with Gasteiger partial charge in [-0.1, -0.05) is 56.8 Å². The molecule has 29 heavy (non-hydrogen) atoms. The normalized spacial score (nSPS) is 13.1. The molecule has 1 aromatic heterocycles. The Kier molecular flexibility index (Phi) is 6.44. The highest BCUT2D eigenvalue weighted by molar-refractivity contribution is 7.98. The highest BCUT2D eigenvalue weighted by atomic mass is 32.2. The number of rotatable bonds is 6. The Bertz CT molecular complexity index is 941. The van der Waals surface area contributed by atoms with Crippen molar-refractivity contribution in [1.29, 1.82) is 0 Å². The summed E-state index contributed by atoms with van der Waals surface area (Å²) in [4.78, 5) is 1.26. The topological polar surface area (TPSA) is 35.1 Å². The number of nitrogens with one attached hydrogen (secondary N) is 1. The van der Waals surface area contributed by atoms with Crippen molar-refractivity contribution in [3.8, 4) is 5.69 Å². The number of benzene rings is 2. The van der Waals surface area contributed by atoms with Crippen LogP contribution in [0.2, 0.25) is 0 Å². The van der Waals surface area contributed by atoms with Crippen LogP contribution in [0.4, 0.5) is 4.39 Å². The lowest BCUT2D eigenvalue weighted by atomic mass is 9.87. The third-order valence-corrected chi connectivity index (χ3v) is 6.18. The van der Waals surface area contributed by atoms with Crippen LogP contribution >= 0.6 is 11.8 Å². The van der Waals surface area contributed by atoms with Crippen molar-refractivity contribution in [2.24, 2.45) is 0 Å². The smallest absolute Gasteiger partial charge is 0.196 e. The predicted octanol–water partition coefficient (Wildman–Crippen LogP) is 4.20.